The summed E-state index contributed by atoms with van der Waals surface area (Å²) in [7, 11) is 0. The summed E-state index contributed by atoms with van der Waals surface area (Å²) in [5.74, 6) is 2.11. The minimum atomic E-state index is 0.704. The van der Waals surface area contributed by atoms with Crippen molar-refractivity contribution < 1.29 is 4.74 Å². The molecule has 0 aliphatic rings. The monoisotopic (exact) mass is 189 g/mol. The molecule has 0 heterocycles. The lowest BCUT2D eigenvalue weighted by molar-refractivity contribution is 0.340. The average molecular weight is 189 g/mol. The molecule has 0 atom stereocenters. The highest BCUT2D eigenvalue weighted by Gasteiger charge is 2.04. The van der Waals surface area contributed by atoms with Gasteiger partial charge in [0.1, 0.15) is 5.75 Å². The summed E-state index contributed by atoms with van der Waals surface area (Å²) < 4.78 is 5.47. The second-order valence-electron chi connectivity index (χ2n) is 3.35. The third-order valence-corrected chi connectivity index (χ3v) is 2.12. The molecule has 14 heavy (non-hydrogen) atoms. The van der Waals surface area contributed by atoms with Gasteiger partial charge in [0, 0.05) is 5.92 Å². The molecule has 0 N–H and O–H groups in total. The average Bonchev–Trinajstić information content (AvgIpc) is 2.16. The minimum absolute atomic E-state index is 0.704. The first-order valence-corrected chi connectivity index (χ1v) is 4.88. The second kappa shape index (κ2) is 4.85. The fraction of sp³-hybridized carbons (Fsp3) is 0.308. The van der Waals surface area contributed by atoms with Crippen LogP contribution in [0.3, 0.4) is 0 Å². The van der Waals surface area contributed by atoms with Crippen LogP contribution in [0.4, 0.5) is 0 Å². The van der Waals surface area contributed by atoms with Gasteiger partial charge in [-0.3, -0.25) is 0 Å². The Balaban J connectivity index is 3.00. The Morgan fingerprint density at radius 2 is 2.14 bits per heavy atom. The van der Waals surface area contributed by atoms with Gasteiger partial charge in [0.05, 0.1) is 6.61 Å². The van der Waals surface area contributed by atoms with Crippen LogP contribution < -0.4 is 4.74 Å². The predicted octanol–water partition coefficient (Wildman–Crippen LogP) is 3.52. The van der Waals surface area contributed by atoms with Gasteiger partial charge in [0.15, 0.2) is 0 Å². The van der Waals surface area contributed by atoms with Gasteiger partial charge in [-0.1, -0.05) is 19.1 Å². The number of allylic oxidation sites excluding steroid dienone is 1. The normalized spacial score (nSPS) is 10.3. The fourth-order valence-corrected chi connectivity index (χ4v) is 1.34. The molecule has 1 radical (unpaired) electrons. The molecule has 0 amide bonds. The van der Waals surface area contributed by atoms with E-state index in [9.17, 15) is 0 Å². The number of ether oxygens (including phenoxy) is 1. The molecule has 0 aliphatic heterocycles. The zero-order valence-electron chi connectivity index (χ0n) is 9.13. The lowest BCUT2D eigenvalue weighted by Gasteiger charge is -2.10. The summed E-state index contributed by atoms with van der Waals surface area (Å²) in [6.45, 7) is 10.6. The third kappa shape index (κ3) is 2.63. The molecule has 1 aromatic carbocycles. The maximum Gasteiger partial charge on any atom is 0.119 e. The summed E-state index contributed by atoms with van der Waals surface area (Å²) >= 11 is 0. The Morgan fingerprint density at radius 3 is 2.71 bits per heavy atom. The molecular weight excluding hydrogens is 172 g/mol. The number of hydrogen-bond acceptors (Lipinski definition) is 1. The number of benzene rings is 1. The van der Waals surface area contributed by atoms with Crippen LogP contribution in [0.15, 0.2) is 30.9 Å². The van der Waals surface area contributed by atoms with E-state index in [1.54, 1.807) is 0 Å². The van der Waals surface area contributed by atoms with Crippen molar-refractivity contribution in [2.45, 2.75) is 20.8 Å². The number of aryl methyl sites for hydroxylation is 1. The van der Waals surface area contributed by atoms with Crippen molar-refractivity contribution in [3.63, 3.8) is 0 Å². The number of rotatable bonds is 4. The summed E-state index contributed by atoms with van der Waals surface area (Å²) in [5, 5.41) is 0. The molecule has 1 rings (SSSR count). The molecule has 0 spiro atoms. The molecule has 75 valence electrons. The van der Waals surface area contributed by atoms with Gasteiger partial charge in [0.25, 0.3) is 0 Å². The van der Waals surface area contributed by atoms with Crippen LogP contribution in [0, 0.1) is 12.8 Å². The van der Waals surface area contributed by atoms with E-state index in [4.69, 9.17) is 4.74 Å². The molecule has 0 bridgehead atoms. The molecule has 0 saturated carbocycles. The van der Waals surface area contributed by atoms with Gasteiger partial charge in [-0.05, 0) is 37.1 Å². The van der Waals surface area contributed by atoms with E-state index in [-0.39, 0.29) is 0 Å². The highest BCUT2D eigenvalue weighted by Crippen LogP contribution is 2.23. The van der Waals surface area contributed by atoms with Gasteiger partial charge in [-0.15, -0.1) is 6.58 Å². The zero-order valence-corrected chi connectivity index (χ0v) is 9.13. The number of hydrogen-bond donors (Lipinski definition) is 0. The first kappa shape index (κ1) is 10.8. The summed E-state index contributed by atoms with van der Waals surface area (Å²) in [6.07, 6.45) is 1.87. The van der Waals surface area contributed by atoms with E-state index in [0.29, 0.717) is 6.61 Å². The quantitative estimate of drug-likeness (QED) is 0.704. The molecular formula is C13H17O. The molecule has 1 nitrogen and oxygen atoms in total. The molecule has 0 saturated heterocycles. The second-order valence-corrected chi connectivity index (χ2v) is 3.35. The maximum atomic E-state index is 5.47. The van der Waals surface area contributed by atoms with Crippen molar-refractivity contribution >= 4 is 0 Å². The van der Waals surface area contributed by atoms with Gasteiger partial charge in [0.2, 0.25) is 0 Å². The van der Waals surface area contributed by atoms with E-state index in [1.807, 2.05) is 25.1 Å². The van der Waals surface area contributed by atoms with E-state index >= 15 is 0 Å². The zero-order chi connectivity index (χ0) is 10.6. The van der Waals surface area contributed by atoms with Crippen LogP contribution in [-0.2, 0) is 0 Å². The van der Waals surface area contributed by atoms with Crippen molar-refractivity contribution in [3.8, 4) is 5.75 Å². The summed E-state index contributed by atoms with van der Waals surface area (Å²) in [4.78, 5) is 0. The highest BCUT2D eigenvalue weighted by molar-refractivity contribution is 5.43. The van der Waals surface area contributed by atoms with Crippen molar-refractivity contribution in [3.05, 3.63) is 47.9 Å². The van der Waals surface area contributed by atoms with Crippen LogP contribution in [-0.4, -0.2) is 6.61 Å². The van der Waals surface area contributed by atoms with Crippen LogP contribution in [0.25, 0.3) is 0 Å². The summed E-state index contributed by atoms with van der Waals surface area (Å²) in [6, 6.07) is 6.23. The van der Waals surface area contributed by atoms with Crippen molar-refractivity contribution in [2.24, 2.45) is 0 Å². The lowest BCUT2D eigenvalue weighted by Crippen LogP contribution is -1.96. The fourth-order valence-electron chi connectivity index (χ4n) is 1.34. The molecule has 0 unspecified atom stereocenters. The van der Waals surface area contributed by atoms with E-state index in [0.717, 1.165) is 5.75 Å². The van der Waals surface area contributed by atoms with E-state index in [2.05, 4.69) is 26.5 Å². The van der Waals surface area contributed by atoms with Crippen molar-refractivity contribution in [1.82, 2.24) is 0 Å². The van der Waals surface area contributed by atoms with Crippen LogP contribution >= 0.6 is 0 Å². The molecule has 0 aliphatic carbocycles. The van der Waals surface area contributed by atoms with E-state index < -0.39 is 0 Å². The van der Waals surface area contributed by atoms with Gasteiger partial charge >= 0.3 is 0 Å². The first-order valence-electron chi connectivity index (χ1n) is 4.88. The molecule has 0 aromatic heterocycles. The Bertz CT molecular complexity index is 315. The molecule has 1 heteroatoms. The predicted molar refractivity (Wildman–Crippen MR) is 60.6 cm³/mol. The van der Waals surface area contributed by atoms with Crippen molar-refractivity contribution in [2.75, 3.05) is 6.61 Å². The maximum absolute atomic E-state index is 5.47. The Hall–Kier alpha value is -1.24. The lowest BCUT2D eigenvalue weighted by atomic mass is 9.99. The SMILES string of the molecule is C=C[C](C)c1cc(C)cc(OCC)c1. The Labute approximate surface area is 86.4 Å². The Morgan fingerprint density at radius 1 is 1.43 bits per heavy atom. The van der Waals surface area contributed by atoms with Crippen LogP contribution in [0.5, 0.6) is 5.75 Å². The molecule has 1 aromatic rings. The first-order chi connectivity index (χ1) is 6.67. The third-order valence-electron chi connectivity index (χ3n) is 2.12. The topological polar surface area (TPSA) is 9.23 Å². The van der Waals surface area contributed by atoms with Crippen LogP contribution in [0.2, 0.25) is 0 Å². The van der Waals surface area contributed by atoms with E-state index in [1.165, 1.54) is 17.0 Å². The van der Waals surface area contributed by atoms with Crippen LogP contribution in [0.1, 0.15) is 25.0 Å². The van der Waals surface area contributed by atoms with Crippen molar-refractivity contribution in [1.29, 1.82) is 0 Å². The molecule has 0 fully saturated rings. The Kier molecular flexibility index (Phi) is 3.75. The smallest absolute Gasteiger partial charge is 0.119 e. The standard InChI is InChI=1S/C13H17O/c1-5-11(4)12-7-10(3)8-13(9-12)14-6-2/h5,7-9H,1,6H2,2-4H3. The minimum Gasteiger partial charge on any atom is -0.494 e. The highest BCUT2D eigenvalue weighted by atomic mass is 16.5. The largest absolute Gasteiger partial charge is 0.494 e. The van der Waals surface area contributed by atoms with Gasteiger partial charge in [-0.2, -0.15) is 0 Å². The van der Waals surface area contributed by atoms with Gasteiger partial charge in [-0.25, -0.2) is 0 Å². The summed E-state index contributed by atoms with van der Waals surface area (Å²) in [5.41, 5.74) is 2.40. The van der Waals surface area contributed by atoms with Gasteiger partial charge < -0.3 is 4.74 Å².